The van der Waals surface area contributed by atoms with E-state index in [9.17, 15) is 29.4 Å². The molecule has 2 bridgehead atoms. The van der Waals surface area contributed by atoms with Gasteiger partial charge in [-0.2, -0.15) is 4.98 Å². The molecule has 5 heterocycles. The number of aromatic amines is 1. The van der Waals surface area contributed by atoms with E-state index in [1.54, 1.807) is 4.57 Å². The summed E-state index contributed by atoms with van der Waals surface area (Å²) in [5.41, 5.74) is 9.72. The molecule has 5 aliphatic rings. The molecule has 47 heavy (non-hydrogen) atoms. The van der Waals surface area contributed by atoms with Gasteiger partial charge in [0.15, 0.2) is 22.6 Å². The van der Waals surface area contributed by atoms with Gasteiger partial charge in [-0.1, -0.05) is 0 Å². The topological polar surface area (TPSA) is 294 Å². The second-order valence-electron chi connectivity index (χ2n) is 12.9. The number of rotatable bonds is 2. The van der Waals surface area contributed by atoms with Crippen LogP contribution >= 0.6 is 14.5 Å². The highest BCUT2D eigenvalue weighted by molar-refractivity contribution is 8.07. The SMILES string of the molecule is Nc1nc2c(ncn2[C@H]2[C@@H]3OP(=O)(O)OCC45C[C@@H]4[C@@H](n4cnc6c(N)ncnc64)[C@H](O)[C@@H]5OP(O)(=S)OC[C@@]4(C[C@H]24)[C@H]3O)c(=O)[nH]1. The van der Waals surface area contributed by atoms with Gasteiger partial charge in [-0.05, 0) is 36.5 Å². The fraction of sp³-hybridized carbons (Fsp3) is 0.583. The average molecular weight is 711 g/mol. The normalized spacial score (nSPS) is 44.3. The second kappa shape index (κ2) is 9.60. The minimum absolute atomic E-state index is 0.0296. The van der Waals surface area contributed by atoms with Gasteiger partial charge in [-0.3, -0.25) is 18.8 Å². The molecule has 5 fully saturated rings. The first-order valence-electron chi connectivity index (χ1n) is 14.6. The number of nitrogens with two attached hydrogens (primary N) is 2. The zero-order chi connectivity index (χ0) is 32.8. The Morgan fingerprint density at radius 3 is 2.40 bits per heavy atom. The number of hydrogen-bond donors (Lipinski definition) is 7. The maximum atomic E-state index is 13.6. The van der Waals surface area contributed by atoms with Crippen LogP contribution in [-0.4, -0.2) is 96.7 Å². The molecular weight excluding hydrogens is 682 g/mol. The van der Waals surface area contributed by atoms with Crippen LogP contribution in [-0.2, 0) is 34.5 Å². The highest BCUT2D eigenvalue weighted by Crippen LogP contribution is 2.74. The van der Waals surface area contributed by atoms with Crippen LogP contribution in [0.2, 0.25) is 0 Å². The molecule has 20 nitrogen and oxygen atoms in total. The Morgan fingerprint density at radius 2 is 1.62 bits per heavy atom. The summed E-state index contributed by atoms with van der Waals surface area (Å²) in [5, 5.41) is 23.2. The molecule has 250 valence electrons. The second-order valence-corrected chi connectivity index (χ2v) is 17.1. The fourth-order valence-corrected chi connectivity index (χ4v) is 10.8. The first-order chi connectivity index (χ1) is 22.3. The number of fused-ring (bicyclic) bond motifs is 3. The molecule has 2 spiro atoms. The number of aromatic nitrogens is 8. The number of anilines is 2. The number of phosphoric ester groups is 1. The Balaban J connectivity index is 1.09. The van der Waals surface area contributed by atoms with Crippen LogP contribution in [0.15, 0.2) is 23.8 Å². The maximum absolute atomic E-state index is 13.6. The molecule has 4 aliphatic carbocycles. The lowest BCUT2D eigenvalue weighted by Crippen LogP contribution is -2.38. The standard InChI is InChI=1S/C24H28N10O10P2S/c25-18-10-19(28-5-27-18)33(6-29-10)12-8-2-24(8)4-41-45(38,39)43-15-13(34-7-30-11-20(34)31-22(26)32-21(11)37)9-1-23(9,16(15)36)3-42-46(40,47)44-17(24)14(12)35/h5-9,12-17,35-36H,1-4H2,(H,38,39)(H,40,47)(H2,25,27,28)(H3,26,31,32,37)/t8-,9-,12-,13-,14+,15+,16+,17+,23-,24?,46?/m1/s1. The van der Waals surface area contributed by atoms with E-state index in [2.05, 4.69) is 29.9 Å². The van der Waals surface area contributed by atoms with E-state index >= 15 is 0 Å². The third-order valence-electron chi connectivity index (χ3n) is 10.6. The predicted octanol–water partition coefficient (Wildman–Crippen LogP) is -0.898. The predicted molar refractivity (Wildman–Crippen MR) is 161 cm³/mol. The molecule has 0 radical (unpaired) electrons. The van der Waals surface area contributed by atoms with Crippen molar-refractivity contribution in [2.75, 3.05) is 24.7 Å². The minimum Gasteiger partial charge on any atom is -0.390 e. The number of nitrogens with zero attached hydrogens (tertiary/aromatic N) is 7. The summed E-state index contributed by atoms with van der Waals surface area (Å²) in [6, 6.07) is -1.57. The van der Waals surface area contributed by atoms with E-state index in [0.29, 0.717) is 24.0 Å². The molecule has 12 atom stereocenters. The molecule has 1 aliphatic heterocycles. The van der Waals surface area contributed by atoms with Crippen molar-refractivity contribution in [3.05, 3.63) is 29.3 Å². The summed E-state index contributed by atoms with van der Waals surface area (Å²) >= 11 is 5.42. The molecule has 3 unspecified atom stereocenters. The number of nitrogens with one attached hydrogen (secondary N) is 1. The van der Waals surface area contributed by atoms with Crippen molar-refractivity contribution in [2.45, 2.75) is 49.3 Å². The van der Waals surface area contributed by atoms with Gasteiger partial charge in [0.2, 0.25) is 5.95 Å². The van der Waals surface area contributed by atoms with Crippen molar-refractivity contribution in [1.29, 1.82) is 0 Å². The molecule has 9 N–H and O–H groups in total. The number of aliphatic hydroxyl groups is 2. The van der Waals surface area contributed by atoms with Crippen LogP contribution in [0.4, 0.5) is 11.8 Å². The number of H-pyrrole nitrogens is 1. The van der Waals surface area contributed by atoms with Crippen LogP contribution in [0.1, 0.15) is 24.9 Å². The van der Waals surface area contributed by atoms with Gasteiger partial charge in [0.05, 0.1) is 44.1 Å². The third kappa shape index (κ3) is 4.23. The summed E-state index contributed by atoms with van der Waals surface area (Å²) in [7, 11) is -4.93. The first-order valence-corrected chi connectivity index (χ1v) is 18.7. The molecule has 9 rings (SSSR count). The molecular formula is C24H28N10O10P2S. The Morgan fingerprint density at radius 1 is 0.936 bits per heavy atom. The zero-order valence-corrected chi connectivity index (χ0v) is 26.6. The summed E-state index contributed by atoms with van der Waals surface area (Å²) in [6.07, 6.45) is -0.522. The van der Waals surface area contributed by atoms with E-state index in [-0.39, 0.29) is 29.5 Å². The van der Waals surface area contributed by atoms with Gasteiger partial charge >= 0.3 is 14.5 Å². The van der Waals surface area contributed by atoms with E-state index in [1.165, 1.54) is 23.5 Å². The van der Waals surface area contributed by atoms with E-state index in [4.69, 9.17) is 41.4 Å². The Hall–Kier alpha value is -2.94. The molecule has 0 amide bonds. The van der Waals surface area contributed by atoms with Gasteiger partial charge in [0.1, 0.15) is 30.2 Å². The van der Waals surface area contributed by atoms with Crippen molar-refractivity contribution < 1.29 is 42.7 Å². The first kappa shape index (κ1) is 30.1. The highest BCUT2D eigenvalue weighted by Gasteiger charge is 2.76. The van der Waals surface area contributed by atoms with Gasteiger partial charge in [-0.25, -0.2) is 24.5 Å². The number of phosphoric acid groups is 1. The third-order valence-corrected chi connectivity index (χ3v) is 13.1. The van der Waals surface area contributed by atoms with Crippen molar-refractivity contribution in [3.63, 3.8) is 0 Å². The molecule has 23 heteroatoms. The van der Waals surface area contributed by atoms with Gasteiger partial charge in [0.25, 0.3) is 5.56 Å². The Kier molecular flexibility index (Phi) is 6.16. The summed E-state index contributed by atoms with van der Waals surface area (Å²) < 4.78 is 39.9. The average Bonchev–Trinajstić information content (AvgIpc) is 3.71. The van der Waals surface area contributed by atoms with Crippen LogP contribution < -0.4 is 17.0 Å². The van der Waals surface area contributed by atoms with Gasteiger partial charge < -0.3 is 49.6 Å². The van der Waals surface area contributed by atoms with Crippen molar-refractivity contribution in [1.82, 2.24) is 39.0 Å². The smallest absolute Gasteiger partial charge is 0.390 e. The van der Waals surface area contributed by atoms with Crippen molar-refractivity contribution in [3.8, 4) is 0 Å². The van der Waals surface area contributed by atoms with Gasteiger partial charge in [-0.15, -0.1) is 0 Å². The summed E-state index contributed by atoms with van der Waals surface area (Å²) in [5.74, 6) is -0.880. The lowest BCUT2D eigenvalue weighted by atomic mass is 10.0. The number of nitrogen functional groups attached to an aromatic ring is 2. The zero-order valence-electron chi connectivity index (χ0n) is 24.0. The van der Waals surface area contributed by atoms with E-state index < -0.39 is 85.9 Å². The molecule has 1 saturated heterocycles. The van der Waals surface area contributed by atoms with Crippen molar-refractivity contribution in [2.24, 2.45) is 22.7 Å². The number of aliphatic hydroxyl groups excluding tert-OH is 2. The van der Waals surface area contributed by atoms with Gasteiger partial charge in [0, 0.05) is 10.8 Å². The maximum Gasteiger partial charge on any atom is 0.472 e. The lowest BCUT2D eigenvalue weighted by molar-refractivity contribution is -0.0321. The highest BCUT2D eigenvalue weighted by atomic mass is 32.5. The van der Waals surface area contributed by atoms with Crippen LogP contribution in [0.3, 0.4) is 0 Å². The van der Waals surface area contributed by atoms with E-state index in [0.717, 1.165) is 0 Å². The monoisotopic (exact) mass is 710 g/mol. The fourth-order valence-electron chi connectivity index (χ4n) is 8.30. The minimum atomic E-state index is -4.93. The molecule has 0 aromatic carbocycles. The summed E-state index contributed by atoms with van der Waals surface area (Å²) in [6.45, 7) is -4.84. The Bertz CT molecular complexity index is 2150. The molecule has 4 aromatic rings. The van der Waals surface area contributed by atoms with Crippen molar-refractivity contribution >= 4 is 60.4 Å². The largest absolute Gasteiger partial charge is 0.472 e. The van der Waals surface area contributed by atoms with Crippen LogP contribution in [0.5, 0.6) is 0 Å². The molecule has 4 aromatic heterocycles. The summed E-state index contributed by atoms with van der Waals surface area (Å²) in [4.78, 5) is 58.1. The van der Waals surface area contributed by atoms with Crippen LogP contribution in [0, 0.1) is 22.7 Å². The number of hydrogen-bond acceptors (Lipinski definition) is 16. The lowest BCUT2D eigenvalue weighted by Gasteiger charge is -2.31. The quantitative estimate of drug-likeness (QED) is 0.124. The molecule has 4 saturated carbocycles. The Labute approximate surface area is 267 Å². The number of imidazole rings is 2. The van der Waals surface area contributed by atoms with E-state index in [1.807, 2.05) is 0 Å². The van der Waals surface area contributed by atoms with Crippen LogP contribution in [0.25, 0.3) is 22.3 Å².